The Balaban J connectivity index is 2.45. The van der Waals surface area contributed by atoms with Crippen LogP contribution >= 0.6 is 0 Å². The molecular formula is C10H26B3N3. The van der Waals surface area contributed by atoms with Gasteiger partial charge in [0, 0.05) is 0 Å². The van der Waals surface area contributed by atoms with Crippen molar-refractivity contribution < 1.29 is 0 Å². The second-order valence-electron chi connectivity index (χ2n) is 5.46. The van der Waals surface area contributed by atoms with Crippen molar-refractivity contribution in [2.45, 2.75) is 40.5 Å². The Hall–Kier alpha value is 0.0748. The molecule has 6 heteroatoms. The Bertz CT molecular complexity index is 178. The zero-order valence-electron chi connectivity index (χ0n) is 11.6. The first-order chi connectivity index (χ1) is 7.65. The maximum absolute atomic E-state index is 2.58. The summed E-state index contributed by atoms with van der Waals surface area (Å²) in [7, 11) is 3.48. The molecule has 1 aliphatic heterocycles. The first kappa shape index (κ1) is 14.1. The molecule has 0 N–H and O–H groups in total. The van der Waals surface area contributed by atoms with Crippen LogP contribution < -0.4 is 0 Å². The van der Waals surface area contributed by atoms with Crippen LogP contribution in [0.15, 0.2) is 0 Å². The van der Waals surface area contributed by atoms with Crippen molar-refractivity contribution in [2.24, 2.45) is 5.92 Å². The minimum absolute atomic E-state index is 0.769. The van der Waals surface area contributed by atoms with Crippen molar-refractivity contribution in [3.8, 4) is 0 Å². The third kappa shape index (κ3) is 4.94. The van der Waals surface area contributed by atoms with E-state index in [9.17, 15) is 0 Å². The summed E-state index contributed by atoms with van der Waals surface area (Å²) in [5.41, 5.74) is 0. The normalized spacial score (nSPS) is 19.3. The third-order valence-corrected chi connectivity index (χ3v) is 2.90. The minimum Gasteiger partial charge on any atom is -0.363 e. The van der Waals surface area contributed by atoms with E-state index < -0.39 is 0 Å². The Labute approximate surface area is 103 Å². The van der Waals surface area contributed by atoms with Crippen LogP contribution in [0.1, 0.15) is 40.5 Å². The van der Waals surface area contributed by atoms with Gasteiger partial charge in [0.25, 0.3) is 22.6 Å². The molecule has 1 saturated heterocycles. The van der Waals surface area contributed by atoms with Crippen LogP contribution in [0.25, 0.3) is 0 Å². The lowest BCUT2D eigenvalue weighted by Gasteiger charge is -2.41. The van der Waals surface area contributed by atoms with Gasteiger partial charge in [-0.05, 0) is 38.4 Å². The van der Waals surface area contributed by atoms with Gasteiger partial charge in [-0.3, -0.25) is 0 Å². The van der Waals surface area contributed by atoms with E-state index in [0.29, 0.717) is 0 Å². The first-order valence-corrected chi connectivity index (χ1v) is 6.82. The van der Waals surface area contributed by atoms with Gasteiger partial charge < -0.3 is 14.2 Å². The molecule has 0 aromatic heterocycles. The average molecular weight is 221 g/mol. The van der Waals surface area contributed by atoms with E-state index >= 15 is 0 Å². The van der Waals surface area contributed by atoms with Gasteiger partial charge in [-0.2, -0.15) is 0 Å². The quantitative estimate of drug-likeness (QED) is 0.592. The van der Waals surface area contributed by atoms with E-state index in [1.54, 1.807) is 0 Å². The van der Waals surface area contributed by atoms with Gasteiger partial charge >= 0.3 is 0 Å². The van der Waals surface area contributed by atoms with Gasteiger partial charge in [0.1, 0.15) is 0 Å². The third-order valence-electron chi connectivity index (χ3n) is 2.90. The fourth-order valence-electron chi connectivity index (χ4n) is 2.53. The molecule has 0 saturated carbocycles. The summed E-state index contributed by atoms with van der Waals surface area (Å²) in [5, 5.41) is 0. The van der Waals surface area contributed by atoms with E-state index in [0.717, 1.165) is 28.6 Å². The average Bonchev–Trinajstić information content (AvgIpc) is 2.17. The molecular weight excluding hydrogens is 195 g/mol. The summed E-state index contributed by atoms with van der Waals surface area (Å²) in [5.74, 6) is 0.769. The zero-order chi connectivity index (χ0) is 12.0. The molecule has 0 aromatic rings. The van der Waals surface area contributed by atoms with Crippen LogP contribution in [-0.2, 0) is 0 Å². The van der Waals surface area contributed by atoms with Gasteiger partial charge in [0.15, 0.2) is 0 Å². The lowest BCUT2D eigenvalue weighted by Crippen LogP contribution is -2.62. The molecule has 1 rings (SSSR count). The molecule has 90 valence electrons. The van der Waals surface area contributed by atoms with Crippen molar-refractivity contribution in [3.63, 3.8) is 0 Å². The molecule has 0 atom stereocenters. The van der Waals surface area contributed by atoms with Crippen LogP contribution in [0.2, 0.25) is 0 Å². The van der Waals surface area contributed by atoms with Gasteiger partial charge in [-0.15, -0.1) is 0 Å². The highest BCUT2D eigenvalue weighted by Crippen LogP contribution is 2.05. The van der Waals surface area contributed by atoms with E-state index in [1.165, 1.54) is 32.5 Å². The molecule has 0 aromatic carbocycles. The molecule has 0 bridgehead atoms. The van der Waals surface area contributed by atoms with Gasteiger partial charge in [0.2, 0.25) is 0 Å². The van der Waals surface area contributed by atoms with E-state index in [-0.39, 0.29) is 0 Å². The van der Waals surface area contributed by atoms with Crippen LogP contribution in [-0.4, -0.2) is 56.4 Å². The predicted molar refractivity (Wildman–Crippen MR) is 77.0 cm³/mol. The monoisotopic (exact) mass is 221 g/mol. The fourth-order valence-corrected chi connectivity index (χ4v) is 2.53. The predicted octanol–water partition coefficient (Wildman–Crippen LogP) is 0.181. The Morgan fingerprint density at radius 1 is 0.812 bits per heavy atom. The van der Waals surface area contributed by atoms with Crippen molar-refractivity contribution >= 4 is 22.6 Å². The molecule has 3 nitrogen and oxygen atoms in total. The molecule has 16 heavy (non-hydrogen) atoms. The highest BCUT2D eigenvalue weighted by molar-refractivity contribution is 6.64. The summed E-state index contributed by atoms with van der Waals surface area (Å²) in [6.07, 6.45) is 2.52. The van der Waals surface area contributed by atoms with Crippen LogP contribution in [0, 0.1) is 5.92 Å². The number of nitrogens with zero attached hydrogens (tertiary/aromatic N) is 3. The smallest absolute Gasteiger partial charge is 0.270 e. The highest BCUT2D eigenvalue weighted by Gasteiger charge is 2.26. The number of hydrogen-bond donors (Lipinski definition) is 0. The second kappa shape index (κ2) is 7.41. The van der Waals surface area contributed by atoms with Gasteiger partial charge in [-0.1, -0.05) is 27.7 Å². The largest absolute Gasteiger partial charge is 0.363 e. The van der Waals surface area contributed by atoms with Crippen molar-refractivity contribution in [3.05, 3.63) is 0 Å². The maximum atomic E-state index is 2.58. The topological polar surface area (TPSA) is 9.72 Å². The summed E-state index contributed by atoms with van der Waals surface area (Å²) in [6.45, 7) is 12.8. The molecule has 1 aliphatic rings. The maximum Gasteiger partial charge on any atom is 0.270 e. The van der Waals surface area contributed by atoms with Gasteiger partial charge in [0.05, 0.1) is 0 Å². The summed E-state index contributed by atoms with van der Waals surface area (Å²) in [6, 6.07) is 0. The van der Waals surface area contributed by atoms with Crippen LogP contribution in [0.5, 0.6) is 0 Å². The van der Waals surface area contributed by atoms with Gasteiger partial charge in [-0.25, -0.2) is 0 Å². The SMILES string of the molecule is CCCN1BN(CCC)BN(CC(C)C)B1. The fraction of sp³-hybridized carbons (Fsp3) is 1.00. The molecule has 0 aliphatic carbocycles. The first-order valence-electron chi connectivity index (χ1n) is 6.82. The molecule has 0 spiro atoms. The summed E-state index contributed by atoms with van der Waals surface area (Å²) in [4.78, 5) is 0. The Morgan fingerprint density at radius 3 is 1.62 bits per heavy atom. The minimum atomic E-state index is 0.769. The van der Waals surface area contributed by atoms with E-state index in [2.05, 4.69) is 41.9 Å². The second-order valence-corrected chi connectivity index (χ2v) is 5.46. The summed E-state index contributed by atoms with van der Waals surface area (Å²) >= 11 is 0. The van der Waals surface area contributed by atoms with Crippen molar-refractivity contribution in [2.75, 3.05) is 19.6 Å². The molecule has 1 heterocycles. The summed E-state index contributed by atoms with van der Waals surface area (Å²) < 4.78 is 7.72. The van der Waals surface area contributed by atoms with Crippen molar-refractivity contribution in [1.29, 1.82) is 0 Å². The van der Waals surface area contributed by atoms with E-state index in [1.807, 2.05) is 0 Å². The zero-order valence-corrected chi connectivity index (χ0v) is 11.6. The van der Waals surface area contributed by atoms with Crippen molar-refractivity contribution in [1.82, 2.24) is 14.2 Å². The Morgan fingerprint density at radius 2 is 1.25 bits per heavy atom. The lowest BCUT2D eigenvalue weighted by molar-refractivity contribution is 0.436. The van der Waals surface area contributed by atoms with E-state index in [4.69, 9.17) is 0 Å². The molecule has 0 unspecified atom stereocenters. The molecule has 0 amide bonds. The number of rotatable bonds is 6. The lowest BCUT2D eigenvalue weighted by atomic mass is 9.73. The van der Waals surface area contributed by atoms with Crippen LogP contribution in [0.4, 0.5) is 0 Å². The molecule has 1 fully saturated rings. The standard InChI is InChI=1S/C10H26B3N3/c1-5-7-14-11-15(8-6-2)13-16(12-14)9-10(3)4/h10-13H,5-9H2,1-4H3. The Kier molecular flexibility index (Phi) is 6.55. The van der Waals surface area contributed by atoms with Crippen LogP contribution in [0.3, 0.4) is 0 Å². The molecule has 0 radical (unpaired) electrons. The highest BCUT2D eigenvalue weighted by atomic mass is 15.3. The number of hydrogen-bond acceptors (Lipinski definition) is 3.